The molecule has 0 aliphatic heterocycles. The summed E-state index contributed by atoms with van der Waals surface area (Å²) in [6.45, 7) is 0.745. The number of nitrogens with two attached hydrogens (primary N) is 1. The summed E-state index contributed by atoms with van der Waals surface area (Å²) in [7, 11) is 0. The van der Waals surface area contributed by atoms with Gasteiger partial charge < -0.3 is 5.73 Å². The van der Waals surface area contributed by atoms with Gasteiger partial charge in [-0.3, -0.25) is 0 Å². The predicted octanol–water partition coefficient (Wildman–Crippen LogP) is 4.56. The SMILES string of the molecule is Cl.NCC(CCCCc1ccccc1)c1ccccc1. The first-order valence-corrected chi connectivity index (χ1v) is 7.19. The van der Waals surface area contributed by atoms with Crippen molar-refractivity contribution in [2.45, 2.75) is 31.6 Å². The van der Waals surface area contributed by atoms with Gasteiger partial charge in [0.1, 0.15) is 0 Å². The summed E-state index contributed by atoms with van der Waals surface area (Å²) < 4.78 is 0. The fourth-order valence-corrected chi connectivity index (χ4v) is 2.51. The third kappa shape index (κ3) is 5.36. The molecule has 108 valence electrons. The highest BCUT2D eigenvalue weighted by molar-refractivity contribution is 5.85. The number of unbranched alkanes of at least 4 members (excludes halogenated alkanes) is 1. The third-order valence-electron chi connectivity index (χ3n) is 3.67. The van der Waals surface area contributed by atoms with Gasteiger partial charge in [0.2, 0.25) is 0 Å². The molecule has 2 heteroatoms. The molecule has 1 atom stereocenters. The summed E-state index contributed by atoms with van der Waals surface area (Å²) in [6, 6.07) is 21.3. The topological polar surface area (TPSA) is 26.0 Å². The van der Waals surface area contributed by atoms with Crippen LogP contribution in [0.3, 0.4) is 0 Å². The van der Waals surface area contributed by atoms with E-state index < -0.39 is 0 Å². The normalized spacial score (nSPS) is 11.7. The Kier molecular flexibility index (Phi) is 8.01. The van der Waals surface area contributed by atoms with Gasteiger partial charge in [0.05, 0.1) is 0 Å². The second-order valence-corrected chi connectivity index (χ2v) is 5.07. The lowest BCUT2D eigenvalue weighted by atomic mass is 9.93. The van der Waals surface area contributed by atoms with Crippen LogP contribution in [0.25, 0.3) is 0 Å². The molecule has 0 aliphatic carbocycles. The number of aryl methyl sites for hydroxylation is 1. The second-order valence-electron chi connectivity index (χ2n) is 5.07. The van der Waals surface area contributed by atoms with E-state index in [9.17, 15) is 0 Å². The molecule has 2 rings (SSSR count). The van der Waals surface area contributed by atoms with Crippen molar-refractivity contribution in [2.75, 3.05) is 6.54 Å². The van der Waals surface area contributed by atoms with Crippen LogP contribution in [0.1, 0.15) is 36.3 Å². The number of benzene rings is 2. The average molecular weight is 290 g/mol. The maximum absolute atomic E-state index is 5.90. The first kappa shape index (κ1) is 16.7. The molecule has 2 aromatic carbocycles. The Morgan fingerprint density at radius 3 is 2.00 bits per heavy atom. The fraction of sp³-hybridized carbons (Fsp3) is 0.333. The molecule has 20 heavy (non-hydrogen) atoms. The molecule has 2 N–H and O–H groups in total. The maximum atomic E-state index is 5.90. The van der Waals surface area contributed by atoms with E-state index in [1.54, 1.807) is 0 Å². The van der Waals surface area contributed by atoms with Gasteiger partial charge in [0.25, 0.3) is 0 Å². The van der Waals surface area contributed by atoms with E-state index in [1.807, 2.05) is 0 Å². The van der Waals surface area contributed by atoms with E-state index in [-0.39, 0.29) is 12.4 Å². The van der Waals surface area contributed by atoms with Crippen molar-refractivity contribution >= 4 is 12.4 Å². The Balaban J connectivity index is 0.00000200. The molecule has 0 aliphatic rings. The largest absolute Gasteiger partial charge is 0.330 e. The average Bonchev–Trinajstić information content (AvgIpc) is 2.49. The fourth-order valence-electron chi connectivity index (χ4n) is 2.51. The molecule has 0 heterocycles. The van der Waals surface area contributed by atoms with Crippen molar-refractivity contribution in [1.29, 1.82) is 0 Å². The highest BCUT2D eigenvalue weighted by Gasteiger charge is 2.08. The van der Waals surface area contributed by atoms with Crippen LogP contribution in [0.4, 0.5) is 0 Å². The Morgan fingerprint density at radius 2 is 1.40 bits per heavy atom. The monoisotopic (exact) mass is 289 g/mol. The van der Waals surface area contributed by atoms with Crippen LogP contribution >= 0.6 is 12.4 Å². The molecular weight excluding hydrogens is 266 g/mol. The Bertz CT molecular complexity index is 455. The van der Waals surface area contributed by atoms with Crippen LogP contribution < -0.4 is 5.73 Å². The molecule has 0 saturated heterocycles. The summed E-state index contributed by atoms with van der Waals surface area (Å²) in [6.07, 6.45) is 4.85. The highest BCUT2D eigenvalue weighted by Crippen LogP contribution is 2.21. The Hall–Kier alpha value is -1.31. The molecule has 0 amide bonds. The zero-order chi connectivity index (χ0) is 13.3. The lowest BCUT2D eigenvalue weighted by Gasteiger charge is -2.14. The standard InChI is InChI=1S/C18H23N.ClH/c19-15-18(17-12-5-2-6-13-17)14-8-7-11-16-9-3-1-4-10-16;/h1-6,9-10,12-13,18H,7-8,11,14-15,19H2;1H. The van der Waals surface area contributed by atoms with Crippen molar-refractivity contribution < 1.29 is 0 Å². The molecule has 2 aromatic rings. The zero-order valence-electron chi connectivity index (χ0n) is 11.9. The molecule has 0 saturated carbocycles. The van der Waals surface area contributed by atoms with Gasteiger partial charge in [-0.15, -0.1) is 12.4 Å². The first-order chi connectivity index (χ1) is 9.40. The van der Waals surface area contributed by atoms with E-state index in [2.05, 4.69) is 60.7 Å². The van der Waals surface area contributed by atoms with Gasteiger partial charge in [-0.25, -0.2) is 0 Å². The summed E-state index contributed by atoms with van der Waals surface area (Å²) >= 11 is 0. The minimum atomic E-state index is 0. The van der Waals surface area contributed by atoms with Crippen LogP contribution in [-0.4, -0.2) is 6.54 Å². The van der Waals surface area contributed by atoms with Gasteiger partial charge in [-0.1, -0.05) is 67.1 Å². The zero-order valence-corrected chi connectivity index (χ0v) is 12.7. The quantitative estimate of drug-likeness (QED) is 0.743. The molecule has 1 nitrogen and oxygen atoms in total. The van der Waals surface area contributed by atoms with Crippen LogP contribution in [0.2, 0.25) is 0 Å². The van der Waals surface area contributed by atoms with Crippen molar-refractivity contribution in [2.24, 2.45) is 5.73 Å². The molecule has 0 radical (unpaired) electrons. The van der Waals surface area contributed by atoms with Crippen LogP contribution in [0, 0.1) is 0 Å². The van der Waals surface area contributed by atoms with Crippen molar-refractivity contribution in [3.8, 4) is 0 Å². The van der Waals surface area contributed by atoms with Gasteiger partial charge in [-0.05, 0) is 42.9 Å². The summed E-state index contributed by atoms with van der Waals surface area (Å²) in [5.74, 6) is 0.511. The van der Waals surface area contributed by atoms with Crippen molar-refractivity contribution in [3.63, 3.8) is 0 Å². The second kappa shape index (κ2) is 9.57. The molecular formula is C18H24ClN. The van der Waals surface area contributed by atoms with Crippen molar-refractivity contribution in [3.05, 3.63) is 71.8 Å². The molecule has 0 spiro atoms. The van der Waals surface area contributed by atoms with Crippen LogP contribution in [0.5, 0.6) is 0 Å². The smallest absolute Gasteiger partial charge is 0.000824 e. The van der Waals surface area contributed by atoms with E-state index in [0.29, 0.717) is 5.92 Å². The molecule has 0 fully saturated rings. The predicted molar refractivity (Wildman–Crippen MR) is 89.5 cm³/mol. The van der Waals surface area contributed by atoms with Crippen LogP contribution in [0.15, 0.2) is 60.7 Å². The minimum absolute atomic E-state index is 0. The summed E-state index contributed by atoms with van der Waals surface area (Å²) in [4.78, 5) is 0. The number of rotatable bonds is 7. The van der Waals surface area contributed by atoms with E-state index >= 15 is 0 Å². The summed E-state index contributed by atoms with van der Waals surface area (Å²) in [5.41, 5.74) is 8.71. The highest BCUT2D eigenvalue weighted by atomic mass is 35.5. The number of hydrogen-bond donors (Lipinski definition) is 1. The van der Waals surface area contributed by atoms with Crippen LogP contribution in [-0.2, 0) is 6.42 Å². The van der Waals surface area contributed by atoms with E-state index in [0.717, 1.165) is 6.54 Å². The van der Waals surface area contributed by atoms with Gasteiger partial charge in [0, 0.05) is 0 Å². The first-order valence-electron chi connectivity index (χ1n) is 7.19. The minimum Gasteiger partial charge on any atom is -0.330 e. The van der Waals surface area contributed by atoms with Gasteiger partial charge >= 0.3 is 0 Å². The molecule has 1 unspecified atom stereocenters. The maximum Gasteiger partial charge on any atom is -0.000824 e. The van der Waals surface area contributed by atoms with Gasteiger partial charge in [0.15, 0.2) is 0 Å². The third-order valence-corrected chi connectivity index (χ3v) is 3.67. The van der Waals surface area contributed by atoms with E-state index in [4.69, 9.17) is 5.73 Å². The molecule has 0 aromatic heterocycles. The lowest BCUT2D eigenvalue weighted by molar-refractivity contribution is 0.577. The number of halogens is 1. The Morgan fingerprint density at radius 1 is 0.800 bits per heavy atom. The summed E-state index contributed by atoms with van der Waals surface area (Å²) in [5, 5.41) is 0. The van der Waals surface area contributed by atoms with Gasteiger partial charge in [-0.2, -0.15) is 0 Å². The molecule has 0 bridgehead atoms. The van der Waals surface area contributed by atoms with Crippen molar-refractivity contribution in [1.82, 2.24) is 0 Å². The number of hydrogen-bond acceptors (Lipinski definition) is 1. The lowest BCUT2D eigenvalue weighted by Crippen LogP contribution is -2.12. The van der Waals surface area contributed by atoms with E-state index in [1.165, 1.54) is 36.8 Å². The Labute approximate surface area is 128 Å².